The van der Waals surface area contributed by atoms with Gasteiger partial charge in [-0.05, 0) is 48.9 Å². The summed E-state index contributed by atoms with van der Waals surface area (Å²) in [6.45, 7) is 7.61. The Balaban J connectivity index is 1.65. The van der Waals surface area contributed by atoms with Crippen LogP contribution in [0.15, 0.2) is 54.6 Å². The van der Waals surface area contributed by atoms with Crippen LogP contribution in [0.2, 0.25) is 0 Å². The van der Waals surface area contributed by atoms with E-state index in [9.17, 15) is 5.11 Å². The van der Waals surface area contributed by atoms with Crippen molar-refractivity contribution in [3.63, 3.8) is 0 Å². The molecule has 0 saturated carbocycles. The molecule has 1 aliphatic heterocycles. The maximum Gasteiger partial charge on any atom is 0.108 e. The van der Waals surface area contributed by atoms with Crippen LogP contribution in [0.25, 0.3) is 0 Å². The minimum absolute atomic E-state index is 0.146. The van der Waals surface area contributed by atoms with Crippen molar-refractivity contribution in [1.29, 1.82) is 0 Å². The Bertz CT molecular complexity index is 673. The molecule has 0 aliphatic carbocycles. The van der Waals surface area contributed by atoms with Gasteiger partial charge in [0.25, 0.3) is 0 Å². The van der Waals surface area contributed by atoms with E-state index in [0.29, 0.717) is 13.2 Å². The average Bonchev–Trinajstić information content (AvgIpc) is 2.64. The number of hydrogen-bond acceptors (Lipinski definition) is 3. The van der Waals surface area contributed by atoms with Crippen LogP contribution in [0, 0.1) is 12.8 Å². The normalized spacial score (nSPS) is 20.7. The van der Waals surface area contributed by atoms with Crippen molar-refractivity contribution < 1.29 is 9.84 Å². The lowest BCUT2D eigenvalue weighted by atomic mass is 9.97. The second-order valence-corrected chi connectivity index (χ2v) is 7.64. The number of β-amino-alcohol motifs (C(OH)–C–C–N with tert-alkyl or cyclic N) is 1. The van der Waals surface area contributed by atoms with E-state index in [2.05, 4.69) is 43.0 Å². The van der Waals surface area contributed by atoms with Gasteiger partial charge >= 0.3 is 0 Å². The van der Waals surface area contributed by atoms with Crippen molar-refractivity contribution >= 4 is 0 Å². The molecule has 2 aromatic rings. The predicted molar refractivity (Wildman–Crippen MR) is 106 cm³/mol. The summed E-state index contributed by atoms with van der Waals surface area (Å²) in [7, 11) is 0. The Labute approximate surface area is 157 Å². The number of aliphatic hydroxyl groups is 1. The van der Waals surface area contributed by atoms with Gasteiger partial charge < -0.3 is 14.7 Å². The minimum atomic E-state index is -0.462. The molecule has 3 nitrogen and oxygen atoms in total. The SMILES string of the molecule is Cc1ccccc1C(OCC(O)CN1CCCC(C)C1)c1ccccc1. The minimum Gasteiger partial charge on any atom is -0.389 e. The molecule has 3 rings (SSSR count). The molecule has 0 amide bonds. The van der Waals surface area contributed by atoms with E-state index in [1.807, 2.05) is 30.3 Å². The Kier molecular flexibility index (Phi) is 6.84. The van der Waals surface area contributed by atoms with Gasteiger partial charge in [-0.3, -0.25) is 0 Å². The summed E-state index contributed by atoms with van der Waals surface area (Å²) in [5, 5.41) is 10.5. The van der Waals surface area contributed by atoms with E-state index in [4.69, 9.17) is 4.74 Å². The van der Waals surface area contributed by atoms with Gasteiger partial charge in [0.2, 0.25) is 0 Å². The summed E-state index contributed by atoms with van der Waals surface area (Å²) in [6.07, 6.45) is 1.92. The predicted octanol–water partition coefficient (Wildman–Crippen LogP) is 4.19. The maximum absolute atomic E-state index is 10.5. The zero-order valence-electron chi connectivity index (χ0n) is 16.0. The lowest BCUT2D eigenvalue weighted by Crippen LogP contribution is -2.41. The molecule has 1 aliphatic rings. The fraction of sp³-hybridized carbons (Fsp3) is 0.478. The molecule has 0 aromatic heterocycles. The number of benzene rings is 2. The number of hydrogen-bond donors (Lipinski definition) is 1. The lowest BCUT2D eigenvalue weighted by molar-refractivity contribution is -0.0131. The van der Waals surface area contributed by atoms with Gasteiger partial charge in [-0.15, -0.1) is 0 Å². The van der Waals surface area contributed by atoms with Crippen molar-refractivity contribution in [2.24, 2.45) is 5.92 Å². The summed E-state index contributed by atoms with van der Waals surface area (Å²) >= 11 is 0. The second-order valence-electron chi connectivity index (χ2n) is 7.64. The number of ether oxygens (including phenoxy) is 1. The third-order valence-electron chi connectivity index (χ3n) is 5.24. The highest BCUT2D eigenvalue weighted by Crippen LogP contribution is 2.28. The fourth-order valence-electron chi connectivity index (χ4n) is 3.88. The Hall–Kier alpha value is -1.68. The summed E-state index contributed by atoms with van der Waals surface area (Å²) in [5.74, 6) is 0.723. The third-order valence-corrected chi connectivity index (χ3v) is 5.24. The largest absolute Gasteiger partial charge is 0.389 e. The molecule has 3 unspecified atom stereocenters. The highest BCUT2D eigenvalue weighted by molar-refractivity contribution is 5.35. The molecule has 1 saturated heterocycles. The van der Waals surface area contributed by atoms with Gasteiger partial charge in [0.1, 0.15) is 6.10 Å². The third kappa shape index (κ3) is 5.16. The fourth-order valence-corrected chi connectivity index (χ4v) is 3.88. The van der Waals surface area contributed by atoms with E-state index in [-0.39, 0.29) is 6.10 Å². The molecule has 3 atom stereocenters. The summed E-state index contributed by atoms with van der Waals surface area (Å²) < 4.78 is 6.25. The number of rotatable bonds is 7. The molecular weight excluding hydrogens is 322 g/mol. The molecule has 0 radical (unpaired) electrons. The van der Waals surface area contributed by atoms with E-state index >= 15 is 0 Å². The average molecular weight is 354 g/mol. The smallest absolute Gasteiger partial charge is 0.108 e. The summed E-state index contributed by atoms with van der Waals surface area (Å²) in [6, 6.07) is 18.6. The molecule has 26 heavy (non-hydrogen) atoms. The highest BCUT2D eigenvalue weighted by atomic mass is 16.5. The van der Waals surface area contributed by atoms with Crippen molar-refractivity contribution in [2.75, 3.05) is 26.2 Å². The zero-order chi connectivity index (χ0) is 18.4. The molecule has 1 N–H and O–H groups in total. The molecular formula is C23H31NO2. The zero-order valence-corrected chi connectivity index (χ0v) is 16.0. The van der Waals surface area contributed by atoms with Gasteiger partial charge in [-0.25, -0.2) is 0 Å². The number of aliphatic hydroxyl groups excluding tert-OH is 1. The molecule has 140 valence electrons. The Morgan fingerprint density at radius 2 is 1.85 bits per heavy atom. The van der Waals surface area contributed by atoms with Crippen LogP contribution in [0.4, 0.5) is 0 Å². The van der Waals surface area contributed by atoms with Crippen LogP contribution in [0.3, 0.4) is 0 Å². The standard InChI is InChI=1S/C23H31NO2/c1-18-9-8-14-24(15-18)16-21(25)17-26-23(20-11-4-3-5-12-20)22-13-7-6-10-19(22)2/h3-7,10-13,18,21,23,25H,8-9,14-17H2,1-2H3. The maximum atomic E-state index is 10.5. The summed E-state index contributed by atoms with van der Waals surface area (Å²) in [5.41, 5.74) is 3.50. The molecule has 0 bridgehead atoms. The number of piperidine rings is 1. The molecule has 1 fully saturated rings. The van der Waals surface area contributed by atoms with Gasteiger partial charge in [-0.2, -0.15) is 0 Å². The second kappa shape index (κ2) is 9.31. The topological polar surface area (TPSA) is 32.7 Å². The van der Waals surface area contributed by atoms with Crippen molar-refractivity contribution in [1.82, 2.24) is 4.90 Å². The first kappa shape index (κ1) is 19.1. The quantitative estimate of drug-likeness (QED) is 0.810. The van der Waals surface area contributed by atoms with Gasteiger partial charge in [-0.1, -0.05) is 61.5 Å². The molecule has 1 heterocycles. The van der Waals surface area contributed by atoms with Gasteiger partial charge in [0.05, 0.1) is 12.7 Å². The van der Waals surface area contributed by atoms with Crippen LogP contribution < -0.4 is 0 Å². The Morgan fingerprint density at radius 1 is 1.12 bits per heavy atom. The first-order valence-corrected chi connectivity index (χ1v) is 9.76. The lowest BCUT2D eigenvalue weighted by Gasteiger charge is -2.32. The summed E-state index contributed by atoms with van der Waals surface area (Å²) in [4.78, 5) is 2.37. The van der Waals surface area contributed by atoms with Crippen LogP contribution >= 0.6 is 0 Å². The molecule has 3 heteroatoms. The Morgan fingerprint density at radius 3 is 2.58 bits per heavy atom. The molecule has 0 spiro atoms. The highest BCUT2D eigenvalue weighted by Gasteiger charge is 2.21. The van der Waals surface area contributed by atoms with Crippen LogP contribution in [-0.2, 0) is 4.74 Å². The van der Waals surface area contributed by atoms with Crippen molar-refractivity contribution in [2.45, 2.75) is 38.9 Å². The van der Waals surface area contributed by atoms with Crippen molar-refractivity contribution in [3.05, 3.63) is 71.3 Å². The van der Waals surface area contributed by atoms with E-state index in [1.54, 1.807) is 0 Å². The number of aryl methyl sites for hydroxylation is 1. The van der Waals surface area contributed by atoms with E-state index in [0.717, 1.165) is 30.1 Å². The van der Waals surface area contributed by atoms with Gasteiger partial charge in [0, 0.05) is 13.1 Å². The van der Waals surface area contributed by atoms with E-state index < -0.39 is 6.10 Å². The van der Waals surface area contributed by atoms with Crippen LogP contribution in [0.5, 0.6) is 0 Å². The number of nitrogens with zero attached hydrogens (tertiary/aromatic N) is 1. The van der Waals surface area contributed by atoms with Crippen LogP contribution in [0.1, 0.15) is 42.6 Å². The van der Waals surface area contributed by atoms with E-state index in [1.165, 1.54) is 18.4 Å². The van der Waals surface area contributed by atoms with Gasteiger partial charge in [0.15, 0.2) is 0 Å². The monoisotopic (exact) mass is 353 g/mol. The first-order chi connectivity index (χ1) is 12.6. The number of likely N-dealkylation sites (tertiary alicyclic amines) is 1. The van der Waals surface area contributed by atoms with Crippen molar-refractivity contribution in [3.8, 4) is 0 Å². The molecule has 2 aromatic carbocycles. The first-order valence-electron chi connectivity index (χ1n) is 9.76. The van der Waals surface area contributed by atoms with Crippen LogP contribution in [-0.4, -0.2) is 42.4 Å².